The SMILES string of the molecule is CCCCCCCCCCCCCCCCCCCCCCCOCC(COC1OC(CO)C(O)C(OS(=O)(=O)O)C1O)OC(=O)CCCCCCCCC. The normalized spacial score (nSPS) is 20.9. The molecule has 0 aromatic heterocycles. The van der Waals surface area contributed by atoms with Gasteiger partial charge >= 0.3 is 16.4 Å². The summed E-state index contributed by atoms with van der Waals surface area (Å²) < 4.78 is 58.8. The van der Waals surface area contributed by atoms with E-state index in [0.717, 1.165) is 38.5 Å². The van der Waals surface area contributed by atoms with E-state index in [0.29, 0.717) is 13.0 Å². The Morgan fingerprint density at radius 2 is 1.04 bits per heavy atom. The smallest absolute Gasteiger partial charge is 0.397 e. The Balaban J connectivity index is 2.29. The van der Waals surface area contributed by atoms with Gasteiger partial charge in [-0.25, -0.2) is 4.18 Å². The average molecular weight is 811 g/mol. The van der Waals surface area contributed by atoms with E-state index in [1.54, 1.807) is 0 Å². The van der Waals surface area contributed by atoms with Crippen LogP contribution in [0.25, 0.3) is 0 Å². The maximum absolute atomic E-state index is 12.7. The highest BCUT2D eigenvalue weighted by molar-refractivity contribution is 7.80. The van der Waals surface area contributed by atoms with E-state index in [9.17, 15) is 28.5 Å². The molecule has 0 radical (unpaired) electrons. The second-order valence-corrected chi connectivity index (χ2v) is 16.7. The molecule has 0 spiro atoms. The second kappa shape index (κ2) is 35.1. The van der Waals surface area contributed by atoms with Crippen molar-refractivity contribution in [3.63, 3.8) is 0 Å². The summed E-state index contributed by atoms with van der Waals surface area (Å²) in [7, 11) is -5.05. The van der Waals surface area contributed by atoms with Gasteiger partial charge in [-0.15, -0.1) is 0 Å². The molecule has 0 bridgehead atoms. The number of esters is 1. The lowest BCUT2D eigenvalue weighted by Gasteiger charge is -2.41. The van der Waals surface area contributed by atoms with Crippen LogP contribution in [0.4, 0.5) is 0 Å². The van der Waals surface area contributed by atoms with Crippen molar-refractivity contribution < 1.29 is 56.2 Å². The summed E-state index contributed by atoms with van der Waals surface area (Å²) in [6, 6.07) is 0. The zero-order valence-electron chi connectivity index (χ0n) is 34.8. The third kappa shape index (κ3) is 29.0. The predicted octanol–water partition coefficient (Wildman–Crippen LogP) is 8.91. The first-order chi connectivity index (χ1) is 26.6. The van der Waals surface area contributed by atoms with Gasteiger partial charge in [0, 0.05) is 13.0 Å². The van der Waals surface area contributed by atoms with E-state index in [1.807, 2.05) is 0 Å². The molecule has 12 nitrogen and oxygen atoms in total. The van der Waals surface area contributed by atoms with Crippen LogP contribution in [0.15, 0.2) is 0 Å². The number of carbonyl (C=O) groups is 1. The van der Waals surface area contributed by atoms with Gasteiger partial charge in [0.25, 0.3) is 0 Å². The summed E-state index contributed by atoms with van der Waals surface area (Å²) in [5.74, 6) is -0.402. The molecule has 4 N–H and O–H groups in total. The average Bonchev–Trinajstić information content (AvgIpc) is 3.15. The Morgan fingerprint density at radius 1 is 0.618 bits per heavy atom. The molecule has 0 aromatic rings. The standard InChI is InChI=1S/C42H82O12S/c1-3-5-7-9-11-12-13-14-15-16-17-18-19-20-21-22-23-24-26-28-30-32-50-34-36(52-38(44)31-29-27-25-10-8-6-4-2)35-51-42-40(46)41(54-55(47,48)49)39(45)37(33-43)53-42/h36-37,39-43,45-46H,3-35H2,1-2H3,(H,47,48,49). The van der Waals surface area contributed by atoms with E-state index in [-0.39, 0.29) is 19.6 Å². The van der Waals surface area contributed by atoms with Crippen LogP contribution in [-0.2, 0) is 38.3 Å². The number of rotatable bonds is 39. The van der Waals surface area contributed by atoms with E-state index < -0.39 is 59.8 Å². The van der Waals surface area contributed by atoms with Gasteiger partial charge in [0.05, 0.1) is 19.8 Å². The van der Waals surface area contributed by atoms with Gasteiger partial charge < -0.3 is 34.3 Å². The molecule has 6 unspecified atom stereocenters. The third-order valence-corrected chi connectivity index (χ3v) is 10.9. The number of aliphatic hydroxyl groups is 3. The number of hydrogen-bond donors (Lipinski definition) is 4. The highest BCUT2D eigenvalue weighted by Gasteiger charge is 2.48. The van der Waals surface area contributed by atoms with E-state index in [2.05, 4.69) is 18.0 Å². The van der Waals surface area contributed by atoms with Crippen LogP contribution in [0, 0.1) is 0 Å². The minimum absolute atomic E-state index is 0.0434. The van der Waals surface area contributed by atoms with E-state index in [4.69, 9.17) is 23.5 Å². The molecule has 0 saturated carbocycles. The predicted molar refractivity (Wildman–Crippen MR) is 216 cm³/mol. The Hall–Kier alpha value is -0.900. The van der Waals surface area contributed by atoms with Gasteiger partial charge in [-0.2, -0.15) is 8.42 Å². The Morgan fingerprint density at radius 3 is 1.45 bits per heavy atom. The van der Waals surface area contributed by atoms with Crippen LogP contribution >= 0.6 is 0 Å². The quantitative estimate of drug-likeness (QED) is 0.0264. The molecule has 6 atom stereocenters. The minimum Gasteiger partial charge on any atom is -0.457 e. The molecule has 55 heavy (non-hydrogen) atoms. The molecule has 1 aliphatic rings. The van der Waals surface area contributed by atoms with Crippen molar-refractivity contribution in [2.75, 3.05) is 26.4 Å². The lowest BCUT2D eigenvalue weighted by Crippen LogP contribution is -2.60. The summed E-state index contributed by atoms with van der Waals surface area (Å²) in [4.78, 5) is 12.7. The molecular weight excluding hydrogens is 729 g/mol. The van der Waals surface area contributed by atoms with E-state index >= 15 is 0 Å². The van der Waals surface area contributed by atoms with Crippen molar-refractivity contribution in [2.45, 2.75) is 237 Å². The van der Waals surface area contributed by atoms with E-state index in [1.165, 1.54) is 135 Å². The summed E-state index contributed by atoms with van der Waals surface area (Å²) >= 11 is 0. The zero-order chi connectivity index (χ0) is 40.4. The first kappa shape index (κ1) is 52.1. The summed E-state index contributed by atoms with van der Waals surface area (Å²) in [5.41, 5.74) is 0. The molecule has 1 heterocycles. The molecule has 0 aliphatic carbocycles. The molecule has 0 aromatic carbocycles. The maximum atomic E-state index is 12.7. The molecule has 328 valence electrons. The van der Waals surface area contributed by atoms with Gasteiger partial charge in [-0.3, -0.25) is 9.35 Å². The summed E-state index contributed by atoms with van der Waals surface area (Å²) in [6.45, 7) is 3.97. The Kier molecular flexibility index (Phi) is 33.2. The van der Waals surface area contributed by atoms with Gasteiger partial charge in [0.2, 0.25) is 0 Å². The zero-order valence-corrected chi connectivity index (χ0v) is 35.6. The molecule has 1 fully saturated rings. The second-order valence-electron chi connectivity index (χ2n) is 15.7. The molecule has 1 rings (SSSR count). The third-order valence-electron chi connectivity index (χ3n) is 10.5. The fourth-order valence-electron chi connectivity index (χ4n) is 7.09. The largest absolute Gasteiger partial charge is 0.457 e. The lowest BCUT2D eigenvalue weighted by atomic mass is 9.99. The van der Waals surface area contributed by atoms with Crippen LogP contribution in [0.5, 0.6) is 0 Å². The fourth-order valence-corrected chi connectivity index (χ4v) is 7.59. The van der Waals surface area contributed by atoms with Crippen LogP contribution in [-0.4, -0.2) is 97.5 Å². The molecule has 1 saturated heterocycles. The maximum Gasteiger partial charge on any atom is 0.397 e. The first-order valence-corrected chi connectivity index (χ1v) is 23.7. The van der Waals surface area contributed by atoms with Crippen molar-refractivity contribution in [3.05, 3.63) is 0 Å². The van der Waals surface area contributed by atoms with Crippen molar-refractivity contribution in [1.29, 1.82) is 0 Å². The Labute approximate surface area is 335 Å². The molecular formula is C42H82O12S. The first-order valence-electron chi connectivity index (χ1n) is 22.3. The lowest BCUT2D eigenvalue weighted by molar-refractivity contribution is -0.301. The number of carbonyl (C=O) groups excluding carboxylic acids is 1. The van der Waals surface area contributed by atoms with Crippen molar-refractivity contribution in [2.24, 2.45) is 0 Å². The molecule has 1 aliphatic heterocycles. The number of hydrogen-bond acceptors (Lipinski definition) is 11. The Bertz CT molecular complexity index is 984. The summed E-state index contributed by atoms with van der Waals surface area (Å²) in [5, 5.41) is 30.5. The van der Waals surface area contributed by atoms with Gasteiger partial charge in [0.1, 0.15) is 30.5 Å². The summed E-state index contributed by atoms with van der Waals surface area (Å²) in [6.07, 6.45) is 26.1. The van der Waals surface area contributed by atoms with Crippen molar-refractivity contribution in [3.8, 4) is 0 Å². The van der Waals surface area contributed by atoms with Crippen LogP contribution in [0.1, 0.15) is 200 Å². The monoisotopic (exact) mass is 811 g/mol. The topological polar surface area (TPSA) is 178 Å². The van der Waals surface area contributed by atoms with Crippen molar-refractivity contribution >= 4 is 16.4 Å². The van der Waals surface area contributed by atoms with Gasteiger partial charge in [0.15, 0.2) is 6.29 Å². The highest BCUT2D eigenvalue weighted by atomic mass is 32.3. The van der Waals surface area contributed by atoms with Gasteiger partial charge in [-0.05, 0) is 12.8 Å². The van der Waals surface area contributed by atoms with Gasteiger partial charge in [-0.1, -0.05) is 181 Å². The molecule has 0 amide bonds. The highest BCUT2D eigenvalue weighted by Crippen LogP contribution is 2.26. The fraction of sp³-hybridized carbons (Fsp3) is 0.976. The number of aliphatic hydroxyl groups excluding tert-OH is 3. The van der Waals surface area contributed by atoms with Crippen LogP contribution in [0.3, 0.4) is 0 Å². The van der Waals surface area contributed by atoms with Crippen molar-refractivity contribution in [1.82, 2.24) is 0 Å². The number of ether oxygens (including phenoxy) is 4. The number of unbranched alkanes of at least 4 members (excludes halogenated alkanes) is 26. The minimum atomic E-state index is -5.05. The van der Waals surface area contributed by atoms with Crippen LogP contribution in [0.2, 0.25) is 0 Å². The van der Waals surface area contributed by atoms with Crippen LogP contribution < -0.4 is 0 Å². The molecule has 13 heteroatoms.